The molecule has 0 unspecified atom stereocenters. The second kappa shape index (κ2) is 8.24. The summed E-state index contributed by atoms with van der Waals surface area (Å²) in [5.74, 6) is -2.34. The van der Waals surface area contributed by atoms with Gasteiger partial charge in [0.25, 0.3) is 0 Å². The van der Waals surface area contributed by atoms with Gasteiger partial charge in [0.2, 0.25) is 0 Å². The van der Waals surface area contributed by atoms with E-state index >= 15 is 0 Å². The summed E-state index contributed by atoms with van der Waals surface area (Å²) in [5.41, 5.74) is 0. The number of carboxylic acids is 1. The molecule has 0 aliphatic heterocycles. The number of ketones is 1. The smallest absolute Gasteiger partial charge is 0.542 e. The number of unbranched alkanes of at least 4 members (excludes halogenated alkanes) is 2. The average molecular weight is 166 g/mol. The van der Waals surface area contributed by atoms with Gasteiger partial charge in [-0.3, -0.25) is 4.79 Å². The van der Waals surface area contributed by atoms with E-state index in [9.17, 15) is 14.7 Å². The summed E-state index contributed by atoms with van der Waals surface area (Å²) in [6.07, 6.45) is 2.67. The van der Waals surface area contributed by atoms with Gasteiger partial charge in [-0.1, -0.05) is 19.8 Å². The van der Waals surface area contributed by atoms with Crippen molar-refractivity contribution in [2.24, 2.45) is 0 Å². The monoisotopic (exact) mass is 166 g/mol. The van der Waals surface area contributed by atoms with Crippen LogP contribution in [0.2, 0.25) is 0 Å². The fourth-order valence-electron chi connectivity index (χ4n) is 0.638. The van der Waals surface area contributed by atoms with Gasteiger partial charge in [0, 0.05) is 6.42 Å². The molecule has 0 aromatic rings. The van der Waals surface area contributed by atoms with E-state index < -0.39 is 11.8 Å². The van der Waals surface area contributed by atoms with Gasteiger partial charge in [0.15, 0.2) is 5.78 Å². The van der Waals surface area contributed by atoms with Crippen LogP contribution in [-0.2, 0) is 9.59 Å². The number of Topliss-reactive ketones (excluding diaryl/α,β-unsaturated/α-hetero) is 1. The van der Waals surface area contributed by atoms with Crippen LogP contribution in [0.15, 0.2) is 0 Å². The molecule has 0 aliphatic rings. The van der Waals surface area contributed by atoms with E-state index in [4.69, 9.17) is 0 Å². The van der Waals surface area contributed by atoms with E-state index in [1.54, 1.807) is 0 Å². The topological polar surface area (TPSA) is 57.2 Å². The van der Waals surface area contributed by atoms with Crippen LogP contribution in [0.1, 0.15) is 32.6 Å². The minimum atomic E-state index is -1.56. The average Bonchev–Trinajstić information content (AvgIpc) is 1.88. The van der Waals surface area contributed by atoms with Crippen molar-refractivity contribution in [3.63, 3.8) is 0 Å². The van der Waals surface area contributed by atoms with Crippen LogP contribution in [0, 0.1) is 0 Å². The van der Waals surface area contributed by atoms with Crippen LogP contribution in [0.3, 0.4) is 0 Å². The van der Waals surface area contributed by atoms with E-state index in [1.165, 1.54) is 0 Å². The first-order valence-electron chi connectivity index (χ1n) is 3.42. The molecule has 11 heavy (non-hydrogen) atoms. The standard InChI is InChI=1S/C7H12O3.Na/c1-2-3-4-5-6(8)7(9)10;/h2-5H2,1H3,(H,9,10);/q;+1/p-1. The number of aliphatic carboxylic acids is 1. The van der Waals surface area contributed by atoms with Crippen LogP contribution in [0.25, 0.3) is 0 Å². The minimum absolute atomic E-state index is 0. The van der Waals surface area contributed by atoms with Crippen molar-refractivity contribution in [1.29, 1.82) is 0 Å². The Labute approximate surface area is 88.5 Å². The third-order valence-electron chi connectivity index (χ3n) is 1.24. The normalized spacial score (nSPS) is 8.45. The van der Waals surface area contributed by atoms with Crippen molar-refractivity contribution < 1.29 is 44.3 Å². The summed E-state index contributed by atoms with van der Waals surface area (Å²) in [6.45, 7) is 1.99. The van der Waals surface area contributed by atoms with E-state index in [2.05, 4.69) is 0 Å². The Morgan fingerprint density at radius 3 is 2.18 bits per heavy atom. The quantitative estimate of drug-likeness (QED) is 0.247. The van der Waals surface area contributed by atoms with E-state index in [0.29, 0.717) is 6.42 Å². The van der Waals surface area contributed by atoms with Crippen LogP contribution < -0.4 is 34.7 Å². The molecule has 0 spiro atoms. The molecule has 0 saturated carbocycles. The van der Waals surface area contributed by atoms with Crippen LogP contribution in [0.5, 0.6) is 0 Å². The number of hydrogen-bond acceptors (Lipinski definition) is 3. The fourth-order valence-corrected chi connectivity index (χ4v) is 0.638. The number of carboxylic acid groups (broad SMARTS) is 1. The van der Waals surface area contributed by atoms with Crippen LogP contribution in [-0.4, -0.2) is 11.8 Å². The number of hydrogen-bond donors (Lipinski definition) is 0. The number of carbonyl (C=O) groups excluding carboxylic acids is 2. The Kier molecular flexibility index (Phi) is 10.3. The van der Waals surface area contributed by atoms with E-state index in [0.717, 1.165) is 12.8 Å². The van der Waals surface area contributed by atoms with Crippen molar-refractivity contribution in [3.05, 3.63) is 0 Å². The Balaban J connectivity index is 0. The van der Waals surface area contributed by atoms with Crippen LogP contribution in [0.4, 0.5) is 0 Å². The molecule has 4 heteroatoms. The second-order valence-corrected chi connectivity index (χ2v) is 2.17. The van der Waals surface area contributed by atoms with E-state index in [-0.39, 0.29) is 36.0 Å². The van der Waals surface area contributed by atoms with Gasteiger partial charge in [0.05, 0.1) is 0 Å². The predicted molar refractivity (Wildman–Crippen MR) is 34.2 cm³/mol. The van der Waals surface area contributed by atoms with Gasteiger partial charge in [-0.15, -0.1) is 0 Å². The molecule has 0 heterocycles. The van der Waals surface area contributed by atoms with E-state index in [1.807, 2.05) is 6.92 Å². The largest absolute Gasteiger partial charge is 1.00 e. The molecule has 0 radical (unpaired) electrons. The van der Waals surface area contributed by atoms with Gasteiger partial charge >= 0.3 is 29.6 Å². The summed E-state index contributed by atoms with van der Waals surface area (Å²) in [6, 6.07) is 0. The van der Waals surface area contributed by atoms with Gasteiger partial charge in [-0.2, -0.15) is 0 Å². The molecule has 0 bridgehead atoms. The van der Waals surface area contributed by atoms with Crippen molar-refractivity contribution >= 4 is 11.8 Å². The van der Waals surface area contributed by atoms with Crippen molar-refractivity contribution in [2.75, 3.05) is 0 Å². The van der Waals surface area contributed by atoms with Crippen LogP contribution >= 0.6 is 0 Å². The maximum absolute atomic E-state index is 10.4. The van der Waals surface area contributed by atoms with Gasteiger partial charge in [0.1, 0.15) is 5.97 Å². The molecule has 0 aliphatic carbocycles. The molecule has 0 saturated heterocycles. The van der Waals surface area contributed by atoms with Crippen molar-refractivity contribution in [1.82, 2.24) is 0 Å². The molecule has 0 N–H and O–H groups in total. The van der Waals surface area contributed by atoms with Gasteiger partial charge < -0.3 is 9.90 Å². The summed E-state index contributed by atoms with van der Waals surface area (Å²) < 4.78 is 0. The Morgan fingerprint density at radius 2 is 1.82 bits per heavy atom. The Hall–Kier alpha value is 0.140. The third kappa shape index (κ3) is 8.04. The number of rotatable bonds is 5. The minimum Gasteiger partial charge on any atom is -0.542 e. The molecule has 0 aromatic heterocycles. The zero-order chi connectivity index (χ0) is 7.98. The molecule has 58 valence electrons. The summed E-state index contributed by atoms with van der Waals surface area (Å²) in [4.78, 5) is 20.2. The first kappa shape index (κ1) is 13.7. The SMILES string of the molecule is CCCCCC(=O)C(=O)[O-].[Na+]. The molecule has 0 atom stereocenters. The molecule has 0 amide bonds. The first-order chi connectivity index (χ1) is 4.68. The molecule has 3 nitrogen and oxygen atoms in total. The zero-order valence-corrected chi connectivity index (χ0v) is 9.05. The Bertz CT molecular complexity index is 134. The summed E-state index contributed by atoms with van der Waals surface area (Å²) in [7, 11) is 0. The molecule has 0 fully saturated rings. The summed E-state index contributed by atoms with van der Waals surface area (Å²) >= 11 is 0. The van der Waals surface area contributed by atoms with Crippen molar-refractivity contribution in [3.8, 4) is 0 Å². The maximum atomic E-state index is 10.4. The third-order valence-corrected chi connectivity index (χ3v) is 1.24. The maximum Gasteiger partial charge on any atom is 1.00 e. The molecular weight excluding hydrogens is 155 g/mol. The summed E-state index contributed by atoms with van der Waals surface area (Å²) in [5, 5.41) is 9.83. The molecule has 0 rings (SSSR count). The van der Waals surface area contributed by atoms with Gasteiger partial charge in [-0.05, 0) is 6.42 Å². The molecular formula is C7H11NaO3. The van der Waals surface area contributed by atoms with Gasteiger partial charge in [-0.25, -0.2) is 0 Å². The predicted octanol–water partition coefficient (Wildman–Crippen LogP) is -3.11. The second-order valence-electron chi connectivity index (χ2n) is 2.17. The first-order valence-corrected chi connectivity index (χ1v) is 3.42. The molecule has 0 aromatic carbocycles. The fraction of sp³-hybridized carbons (Fsp3) is 0.714. The number of carbonyl (C=O) groups is 2. The zero-order valence-electron chi connectivity index (χ0n) is 7.05. The Morgan fingerprint density at radius 1 is 1.27 bits per heavy atom. The van der Waals surface area contributed by atoms with Crippen molar-refractivity contribution in [2.45, 2.75) is 32.6 Å².